The maximum Gasteiger partial charge on any atom is 0.248 e. The Balaban J connectivity index is 2.61. The topological polar surface area (TPSA) is 24.9 Å². The van der Waals surface area contributed by atoms with E-state index in [9.17, 15) is 0 Å². The molecule has 0 aliphatic rings. The van der Waals surface area contributed by atoms with Gasteiger partial charge in [0.2, 0.25) is 5.65 Å². The number of hydrogen-bond donors (Lipinski definition) is 0. The number of nitrogens with zero attached hydrogens (tertiary/aromatic N) is 2. The lowest BCUT2D eigenvalue weighted by molar-refractivity contribution is -0.140. The van der Waals surface area contributed by atoms with Gasteiger partial charge in [-0.05, 0) is 63.2 Å². The summed E-state index contributed by atoms with van der Waals surface area (Å²) in [5.41, 5.74) is 1.52. The van der Waals surface area contributed by atoms with Crippen LogP contribution in [-0.2, 0) is 8.85 Å². The summed E-state index contributed by atoms with van der Waals surface area (Å²) in [5.74, 6) is 0. The van der Waals surface area contributed by atoms with Crippen molar-refractivity contribution in [3.05, 3.63) is 60.7 Å². The van der Waals surface area contributed by atoms with E-state index < -0.39 is 22.0 Å². The van der Waals surface area contributed by atoms with Gasteiger partial charge in [0, 0.05) is 11.4 Å². The Labute approximate surface area is 182 Å². The van der Waals surface area contributed by atoms with Crippen LogP contribution in [0.25, 0.3) is 0 Å². The number of rotatable bonds is 8. The molecule has 160 valence electrons. The van der Waals surface area contributed by atoms with Crippen LogP contribution in [-0.4, -0.2) is 50.1 Å². The molecule has 2 unspecified atom stereocenters. The standard InChI is InChI=1S/C22H37N2O2PSi2/c1-21(2,3)29(7,8)26-22(25-28,23(4)5)27(6)24(19-15-11-9-12-16-19)20-17-13-10-14-18-20/h9-18H,1-8,28H3. The summed E-state index contributed by atoms with van der Waals surface area (Å²) >= 11 is 0. The normalized spacial score (nSPS) is 15.9. The summed E-state index contributed by atoms with van der Waals surface area (Å²) < 4.78 is 15.8. The van der Waals surface area contributed by atoms with Crippen LogP contribution < -0.4 is 4.67 Å². The van der Waals surface area contributed by atoms with E-state index in [1.54, 1.807) is 0 Å². The van der Waals surface area contributed by atoms with Gasteiger partial charge in [-0.1, -0.05) is 57.2 Å². The number of anilines is 2. The summed E-state index contributed by atoms with van der Waals surface area (Å²) in [4.78, 5) is 2.13. The molecule has 0 radical (unpaired) electrons. The van der Waals surface area contributed by atoms with Crippen LogP contribution in [0.1, 0.15) is 20.8 Å². The first-order chi connectivity index (χ1) is 13.5. The zero-order valence-electron chi connectivity index (χ0n) is 19.4. The number of hydrogen-bond acceptors (Lipinski definition) is 4. The van der Waals surface area contributed by atoms with E-state index in [0.29, 0.717) is 10.5 Å². The Hall–Kier alpha value is -1.02. The van der Waals surface area contributed by atoms with E-state index in [0.717, 1.165) is 11.4 Å². The van der Waals surface area contributed by atoms with Gasteiger partial charge in [-0.3, -0.25) is 4.90 Å². The van der Waals surface area contributed by atoms with E-state index in [1.807, 2.05) is 0 Å². The third-order valence-corrected chi connectivity index (χ3v) is 13.8. The Kier molecular flexibility index (Phi) is 7.88. The van der Waals surface area contributed by atoms with Gasteiger partial charge in [0.05, 0.1) is 8.07 Å². The molecule has 0 amide bonds. The lowest BCUT2D eigenvalue weighted by Gasteiger charge is -2.52. The largest absolute Gasteiger partial charge is 0.386 e. The molecule has 0 heterocycles. The minimum absolute atomic E-state index is 0.0921. The van der Waals surface area contributed by atoms with Gasteiger partial charge in [-0.2, -0.15) is 0 Å². The van der Waals surface area contributed by atoms with E-state index in [-0.39, 0.29) is 5.04 Å². The van der Waals surface area contributed by atoms with E-state index in [2.05, 4.69) is 125 Å². The highest BCUT2D eigenvalue weighted by Crippen LogP contribution is 2.59. The predicted molar refractivity (Wildman–Crippen MR) is 134 cm³/mol. The van der Waals surface area contributed by atoms with Gasteiger partial charge >= 0.3 is 0 Å². The van der Waals surface area contributed by atoms with Gasteiger partial charge in [0.15, 0.2) is 18.8 Å². The fourth-order valence-electron chi connectivity index (χ4n) is 3.05. The minimum Gasteiger partial charge on any atom is -0.386 e. The van der Waals surface area contributed by atoms with Crippen molar-refractivity contribution in [2.24, 2.45) is 0 Å². The highest BCUT2D eigenvalue weighted by Gasteiger charge is 2.51. The van der Waals surface area contributed by atoms with Crippen molar-refractivity contribution >= 4 is 38.3 Å². The first-order valence-electron chi connectivity index (χ1n) is 10.0. The van der Waals surface area contributed by atoms with Gasteiger partial charge in [-0.25, -0.2) is 0 Å². The zero-order valence-corrected chi connectivity index (χ0v) is 23.3. The maximum absolute atomic E-state index is 7.05. The summed E-state index contributed by atoms with van der Waals surface area (Å²) in [6.07, 6.45) is 0. The predicted octanol–water partition coefficient (Wildman–Crippen LogP) is 5.34. The molecule has 0 spiro atoms. The second-order valence-electron chi connectivity index (χ2n) is 9.02. The van der Waals surface area contributed by atoms with Crippen molar-refractivity contribution in [1.82, 2.24) is 4.90 Å². The molecule has 29 heavy (non-hydrogen) atoms. The summed E-state index contributed by atoms with van der Waals surface area (Å²) in [6, 6.07) is 21.1. The van der Waals surface area contributed by atoms with Crippen LogP contribution in [0.5, 0.6) is 0 Å². The molecule has 7 heteroatoms. The van der Waals surface area contributed by atoms with Crippen molar-refractivity contribution in [2.45, 2.75) is 44.6 Å². The second-order valence-corrected chi connectivity index (χ2v) is 16.2. The Bertz CT molecular complexity index is 730. The fourth-order valence-corrected chi connectivity index (χ4v) is 8.96. The SMILES string of the molecule is CN(C)C(O[SiH3])(O[Si](C)(C)C(C)(C)C)P(C)N(c1ccccc1)c1ccccc1. The molecule has 0 aliphatic carbocycles. The van der Waals surface area contributed by atoms with E-state index in [1.165, 1.54) is 0 Å². The number of para-hydroxylation sites is 2. The van der Waals surface area contributed by atoms with Crippen molar-refractivity contribution in [3.63, 3.8) is 0 Å². The number of benzene rings is 2. The molecule has 0 N–H and O–H groups in total. The molecule has 2 rings (SSSR count). The molecule has 0 fully saturated rings. The van der Waals surface area contributed by atoms with Gasteiger partial charge < -0.3 is 13.5 Å². The quantitative estimate of drug-likeness (QED) is 0.309. The summed E-state index contributed by atoms with van der Waals surface area (Å²) in [6.45, 7) is 13.7. The van der Waals surface area contributed by atoms with Crippen molar-refractivity contribution in [3.8, 4) is 0 Å². The van der Waals surface area contributed by atoms with E-state index in [4.69, 9.17) is 8.85 Å². The summed E-state index contributed by atoms with van der Waals surface area (Å²) in [7, 11) is 1.72. The van der Waals surface area contributed by atoms with Crippen LogP contribution in [0.2, 0.25) is 18.1 Å². The lowest BCUT2D eigenvalue weighted by atomic mass is 10.2. The monoisotopic (exact) mass is 448 g/mol. The molecular weight excluding hydrogens is 411 g/mol. The molecule has 2 aromatic carbocycles. The van der Waals surface area contributed by atoms with Gasteiger partial charge in [0.25, 0.3) is 0 Å². The third kappa shape index (κ3) is 5.19. The molecule has 0 saturated carbocycles. The van der Waals surface area contributed by atoms with Gasteiger partial charge in [-0.15, -0.1) is 0 Å². The average molecular weight is 449 g/mol. The molecular formula is C22H37N2O2PSi2. The van der Waals surface area contributed by atoms with Crippen molar-refractivity contribution in [2.75, 3.05) is 25.4 Å². The molecule has 0 aromatic heterocycles. The Morgan fingerprint density at radius 3 is 1.59 bits per heavy atom. The van der Waals surface area contributed by atoms with Crippen LogP contribution in [0.4, 0.5) is 11.4 Å². The second kappa shape index (κ2) is 9.42. The average Bonchev–Trinajstić information content (AvgIpc) is 2.67. The lowest BCUT2D eigenvalue weighted by Crippen LogP contribution is -2.57. The minimum atomic E-state index is -2.09. The Morgan fingerprint density at radius 2 is 1.28 bits per heavy atom. The third-order valence-electron chi connectivity index (χ3n) is 5.74. The van der Waals surface area contributed by atoms with Crippen molar-refractivity contribution in [1.29, 1.82) is 0 Å². The van der Waals surface area contributed by atoms with Crippen LogP contribution >= 0.6 is 8.07 Å². The first kappa shape index (κ1) is 24.3. The molecule has 0 saturated heterocycles. The van der Waals surface area contributed by atoms with E-state index >= 15 is 0 Å². The molecule has 0 aliphatic heterocycles. The van der Waals surface area contributed by atoms with Crippen LogP contribution in [0, 0.1) is 0 Å². The van der Waals surface area contributed by atoms with Crippen molar-refractivity contribution < 1.29 is 8.85 Å². The van der Waals surface area contributed by atoms with Crippen LogP contribution in [0.15, 0.2) is 60.7 Å². The van der Waals surface area contributed by atoms with Gasteiger partial charge in [0.1, 0.15) is 0 Å². The molecule has 2 aromatic rings. The first-order valence-corrected chi connectivity index (χ1v) is 15.5. The fraction of sp³-hybridized carbons (Fsp3) is 0.455. The Morgan fingerprint density at radius 1 is 0.862 bits per heavy atom. The highest BCUT2D eigenvalue weighted by atomic mass is 31.1. The summed E-state index contributed by atoms with van der Waals surface area (Å²) in [5, 5.41) is 0.0921. The van der Waals surface area contributed by atoms with Crippen LogP contribution in [0.3, 0.4) is 0 Å². The maximum atomic E-state index is 7.05. The smallest absolute Gasteiger partial charge is 0.248 e. The molecule has 2 atom stereocenters. The zero-order chi connectivity index (χ0) is 21.9. The molecule has 4 nitrogen and oxygen atoms in total. The molecule has 0 bridgehead atoms. The highest BCUT2D eigenvalue weighted by molar-refractivity contribution is 7.60.